The minimum Gasteiger partial charge on any atom is -0.336 e. The van der Waals surface area contributed by atoms with E-state index in [1.165, 1.54) is 5.56 Å². The summed E-state index contributed by atoms with van der Waals surface area (Å²) in [4.78, 5) is 24.3. The summed E-state index contributed by atoms with van der Waals surface area (Å²) in [7, 11) is 0. The van der Waals surface area contributed by atoms with Gasteiger partial charge in [-0.1, -0.05) is 26.0 Å². The zero-order valence-corrected chi connectivity index (χ0v) is 16.1. The second kappa shape index (κ2) is 7.51. The standard InChI is InChI=1S/C22H26N4O/c1-3-6-20-24-19-7-5-13-23-21(19)26(20)18-12-14-25(15-18)22(27)17-10-8-16(4-2)9-11-17/h5,7-11,13,18H,3-4,6,12,14-15H2,1-2H3. The van der Waals surface area contributed by atoms with Crippen LogP contribution in [0.4, 0.5) is 0 Å². The molecule has 3 aromatic rings. The van der Waals surface area contributed by atoms with E-state index in [4.69, 9.17) is 4.98 Å². The molecule has 1 amide bonds. The second-order valence-electron chi connectivity index (χ2n) is 7.24. The first-order valence-corrected chi connectivity index (χ1v) is 9.91. The van der Waals surface area contributed by atoms with E-state index < -0.39 is 0 Å². The van der Waals surface area contributed by atoms with Gasteiger partial charge in [0, 0.05) is 31.3 Å². The number of benzene rings is 1. The third-order valence-electron chi connectivity index (χ3n) is 5.42. The van der Waals surface area contributed by atoms with E-state index in [-0.39, 0.29) is 11.9 Å². The van der Waals surface area contributed by atoms with Crippen molar-refractivity contribution in [3.63, 3.8) is 0 Å². The number of aryl methyl sites for hydroxylation is 2. The molecular weight excluding hydrogens is 336 g/mol. The third kappa shape index (κ3) is 3.34. The zero-order valence-electron chi connectivity index (χ0n) is 16.1. The summed E-state index contributed by atoms with van der Waals surface area (Å²) in [6, 6.07) is 12.2. The monoisotopic (exact) mass is 362 g/mol. The summed E-state index contributed by atoms with van der Waals surface area (Å²) < 4.78 is 2.27. The quantitative estimate of drug-likeness (QED) is 0.688. The number of fused-ring (bicyclic) bond motifs is 1. The first-order chi connectivity index (χ1) is 13.2. The van der Waals surface area contributed by atoms with Crippen molar-refractivity contribution < 1.29 is 4.79 Å². The predicted octanol–water partition coefficient (Wildman–Crippen LogP) is 4.03. The Hall–Kier alpha value is -2.69. The van der Waals surface area contributed by atoms with Gasteiger partial charge in [-0.3, -0.25) is 4.79 Å². The van der Waals surface area contributed by atoms with Crippen LogP contribution in [0.25, 0.3) is 11.2 Å². The molecule has 27 heavy (non-hydrogen) atoms. The van der Waals surface area contributed by atoms with Gasteiger partial charge >= 0.3 is 0 Å². The molecule has 1 atom stereocenters. The van der Waals surface area contributed by atoms with Crippen molar-refractivity contribution in [2.75, 3.05) is 13.1 Å². The molecule has 1 unspecified atom stereocenters. The first-order valence-electron chi connectivity index (χ1n) is 9.91. The van der Waals surface area contributed by atoms with E-state index in [0.717, 1.165) is 54.8 Å². The number of carbonyl (C=O) groups excluding carboxylic acids is 1. The van der Waals surface area contributed by atoms with Crippen LogP contribution in [0.3, 0.4) is 0 Å². The number of amides is 1. The summed E-state index contributed by atoms with van der Waals surface area (Å²) in [5, 5.41) is 0. The predicted molar refractivity (Wildman–Crippen MR) is 107 cm³/mol. The van der Waals surface area contributed by atoms with Gasteiger partial charge in [0.25, 0.3) is 5.91 Å². The molecule has 0 radical (unpaired) electrons. The number of carbonyl (C=O) groups is 1. The summed E-state index contributed by atoms with van der Waals surface area (Å²) >= 11 is 0. The van der Waals surface area contributed by atoms with Crippen molar-refractivity contribution in [2.24, 2.45) is 0 Å². The van der Waals surface area contributed by atoms with E-state index in [1.54, 1.807) is 0 Å². The van der Waals surface area contributed by atoms with Crippen molar-refractivity contribution in [2.45, 2.75) is 45.6 Å². The molecule has 3 heterocycles. The second-order valence-corrected chi connectivity index (χ2v) is 7.24. The summed E-state index contributed by atoms with van der Waals surface area (Å²) in [5.74, 6) is 1.20. The SMILES string of the molecule is CCCc1nc2cccnc2n1C1CCN(C(=O)c2ccc(CC)cc2)C1. The van der Waals surface area contributed by atoms with Crippen LogP contribution in [0.15, 0.2) is 42.6 Å². The number of pyridine rings is 1. The molecule has 0 N–H and O–H groups in total. The molecule has 0 spiro atoms. The van der Waals surface area contributed by atoms with Crippen LogP contribution in [0.5, 0.6) is 0 Å². The van der Waals surface area contributed by atoms with Crippen molar-refractivity contribution in [1.29, 1.82) is 0 Å². The van der Waals surface area contributed by atoms with Crippen LogP contribution in [0.1, 0.15) is 54.5 Å². The van der Waals surface area contributed by atoms with E-state index >= 15 is 0 Å². The molecule has 1 aromatic carbocycles. The third-order valence-corrected chi connectivity index (χ3v) is 5.42. The molecule has 0 saturated carbocycles. The number of hydrogen-bond donors (Lipinski definition) is 0. The lowest BCUT2D eigenvalue weighted by Crippen LogP contribution is -2.29. The number of imidazole rings is 1. The van der Waals surface area contributed by atoms with Crippen molar-refractivity contribution >= 4 is 17.1 Å². The molecule has 1 aliphatic rings. The van der Waals surface area contributed by atoms with Gasteiger partial charge in [0.05, 0.1) is 6.04 Å². The van der Waals surface area contributed by atoms with Gasteiger partial charge in [-0.25, -0.2) is 9.97 Å². The molecule has 1 fully saturated rings. The van der Waals surface area contributed by atoms with Crippen molar-refractivity contribution in [3.05, 3.63) is 59.5 Å². The highest BCUT2D eigenvalue weighted by atomic mass is 16.2. The number of likely N-dealkylation sites (tertiary alicyclic amines) is 1. The molecule has 4 rings (SSSR count). The average molecular weight is 362 g/mol. The Balaban J connectivity index is 1.58. The fraction of sp³-hybridized carbons (Fsp3) is 0.409. The summed E-state index contributed by atoms with van der Waals surface area (Å²) in [6.07, 6.45) is 5.73. The van der Waals surface area contributed by atoms with Crippen LogP contribution in [0.2, 0.25) is 0 Å². The highest BCUT2D eigenvalue weighted by Gasteiger charge is 2.30. The lowest BCUT2D eigenvalue weighted by molar-refractivity contribution is 0.0787. The molecule has 140 valence electrons. The molecule has 2 aromatic heterocycles. The maximum atomic E-state index is 12.9. The normalized spacial score (nSPS) is 17.0. The average Bonchev–Trinajstić information content (AvgIpc) is 3.32. The van der Waals surface area contributed by atoms with Gasteiger partial charge in [0.1, 0.15) is 11.3 Å². The van der Waals surface area contributed by atoms with Crippen LogP contribution >= 0.6 is 0 Å². The number of nitrogens with zero attached hydrogens (tertiary/aromatic N) is 4. The van der Waals surface area contributed by atoms with Crippen LogP contribution in [0, 0.1) is 0 Å². The highest BCUT2D eigenvalue weighted by Crippen LogP contribution is 2.28. The molecule has 1 aliphatic heterocycles. The maximum Gasteiger partial charge on any atom is 0.253 e. The molecule has 5 heteroatoms. The van der Waals surface area contributed by atoms with Gasteiger partial charge in [0.2, 0.25) is 0 Å². The number of rotatable bonds is 5. The van der Waals surface area contributed by atoms with Gasteiger partial charge < -0.3 is 9.47 Å². The molecule has 5 nitrogen and oxygen atoms in total. The Labute approximate surface area is 160 Å². The minimum absolute atomic E-state index is 0.120. The largest absolute Gasteiger partial charge is 0.336 e. The smallest absolute Gasteiger partial charge is 0.253 e. The van der Waals surface area contributed by atoms with Crippen molar-refractivity contribution in [3.8, 4) is 0 Å². The summed E-state index contributed by atoms with van der Waals surface area (Å²) in [5.41, 5.74) is 3.91. The van der Waals surface area contributed by atoms with Crippen molar-refractivity contribution in [1.82, 2.24) is 19.4 Å². The Kier molecular flexibility index (Phi) is 4.92. The number of hydrogen-bond acceptors (Lipinski definition) is 3. The van der Waals surface area contributed by atoms with Gasteiger partial charge in [0.15, 0.2) is 5.65 Å². The van der Waals surface area contributed by atoms with Gasteiger partial charge in [-0.05, 0) is 49.1 Å². The summed E-state index contributed by atoms with van der Waals surface area (Å²) in [6.45, 7) is 5.78. The highest BCUT2D eigenvalue weighted by molar-refractivity contribution is 5.94. The van der Waals surface area contributed by atoms with E-state index in [1.807, 2.05) is 47.5 Å². The van der Waals surface area contributed by atoms with E-state index in [0.29, 0.717) is 6.54 Å². The molecule has 0 bridgehead atoms. The van der Waals surface area contributed by atoms with Crippen LogP contribution in [-0.2, 0) is 12.8 Å². The minimum atomic E-state index is 0.120. The van der Waals surface area contributed by atoms with Gasteiger partial charge in [-0.2, -0.15) is 0 Å². The Morgan fingerprint density at radius 1 is 1.19 bits per heavy atom. The van der Waals surface area contributed by atoms with Gasteiger partial charge in [-0.15, -0.1) is 0 Å². The van der Waals surface area contributed by atoms with Crippen LogP contribution < -0.4 is 0 Å². The van der Waals surface area contributed by atoms with E-state index in [9.17, 15) is 4.79 Å². The molecule has 0 aliphatic carbocycles. The topological polar surface area (TPSA) is 51.0 Å². The lowest BCUT2D eigenvalue weighted by Gasteiger charge is -2.19. The Bertz CT molecular complexity index is 945. The fourth-order valence-electron chi connectivity index (χ4n) is 3.96. The molecular formula is C22H26N4O. The Morgan fingerprint density at radius 2 is 2.00 bits per heavy atom. The zero-order chi connectivity index (χ0) is 18.8. The Morgan fingerprint density at radius 3 is 2.74 bits per heavy atom. The van der Waals surface area contributed by atoms with E-state index in [2.05, 4.69) is 23.4 Å². The number of aromatic nitrogens is 3. The maximum absolute atomic E-state index is 12.9. The van der Waals surface area contributed by atoms with Crippen LogP contribution in [-0.4, -0.2) is 38.4 Å². The first kappa shape index (κ1) is 17.7. The molecule has 1 saturated heterocycles. The fourth-order valence-corrected chi connectivity index (χ4v) is 3.96. The lowest BCUT2D eigenvalue weighted by atomic mass is 10.1.